The van der Waals surface area contributed by atoms with Gasteiger partial charge in [0.2, 0.25) is 5.91 Å². The van der Waals surface area contributed by atoms with Gasteiger partial charge in [-0.25, -0.2) is 4.98 Å². The van der Waals surface area contributed by atoms with Crippen LogP contribution in [0, 0.1) is 0 Å². The van der Waals surface area contributed by atoms with Crippen molar-refractivity contribution in [2.75, 3.05) is 46.6 Å². The monoisotopic (exact) mass is 389 g/mol. The predicted molar refractivity (Wildman–Crippen MR) is 107 cm³/mol. The zero-order valence-corrected chi connectivity index (χ0v) is 16.6. The number of benzene rings is 1. The number of ether oxygens (including phenoxy) is 2. The number of nitrogens with one attached hydrogen (secondary N) is 1. The molecule has 6 nitrogen and oxygen atoms in total. The molecule has 1 aromatic heterocycles. The van der Waals surface area contributed by atoms with Crippen molar-refractivity contribution in [1.82, 2.24) is 15.2 Å². The van der Waals surface area contributed by atoms with Gasteiger partial charge in [-0.1, -0.05) is 24.3 Å². The van der Waals surface area contributed by atoms with Gasteiger partial charge in [0.05, 0.1) is 25.3 Å². The van der Waals surface area contributed by atoms with Crippen LogP contribution in [0.2, 0.25) is 0 Å². The second kappa shape index (κ2) is 10.5. The molecule has 0 spiro atoms. The van der Waals surface area contributed by atoms with Crippen LogP contribution in [-0.4, -0.2) is 62.4 Å². The van der Waals surface area contributed by atoms with E-state index >= 15 is 0 Å². The van der Waals surface area contributed by atoms with Crippen LogP contribution in [0.3, 0.4) is 0 Å². The minimum Gasteiger partial charge on any atom is -0.385 e. The standard InChI is InChI=1S/C20H27N3O3S/c1-25-10-2-7-21-19(24)13-18-15-27-20(22-18)17-5-3-16(4-6-17)14-23-8-11-26-12-9-23/h3-6,15H,2,7-14H2,1H3,(H,21,24). The molecule has 0 bridgehead atoms. The van der Waals surface area contributed by atoms with Crippen molar-refractivity contribution in [3.05, 3.63) is 40.9 Å². The number of aromatic nitrogens is 1. The Hall–Kier alpha value is -1.80. The molecule has 1 amide bonds. The van der Waals surface area contributed by atoms with E-state index in [-0.39, 0.29) is 5.91 Å². The third-order valence-corrected chi connectivity index (χ3v) is 5.39. The number of amides is 1. The molecule has 1 N–H and O–H groups in total. The molecule has 1 saturated heterocycles. The molecule has 0 atom stereocenters. The fourth-order valence-corrected chi connectivity index (χ4v) is 3.79. The first kappa shape index (κ1) is 19.9. The Labute approximate surface area is 164 Å². The highest BCUT2D eigenvalue weighted by Gasteiger charge is 2.12. The number of rotatable bonds is 9. The molecule has 0 aliphatic carbocycles. The van der Waals surface area contributed by atoms with E-state index in [9.17, 15) is 4.79 Å². The summed E-state index contributed by atoms with van der Waals surface area (Å²) >= 11 is 1.58. The van der Waals surface area contributed by atoms with Crippen molar-refractivity contribution in [3.8, 4) is 10.6 Å². The third kappa shape index (κ3) is 6.39. The van der Waals surface area contributed by atoms with Crippen LogP contribution in [0.1, 0.15) is 17.7 Å². The second-order valence-corrected chi connectivity index (χ2v) is 7.46. The van der Waals surface area contributed by atoms with E-state index < -0.39 is 0 Å². The lowest BCUT2D eigenvalue weighted by atomic mass is 10.1. The molecule has 27 heavy (non-hydrogen) atoms. The molecule has 1 fully saturated rings. The van der Waals surface area contributed by atoms with Crippen LogP contribution in [0.15, 0.2) is 29.6 Å². The summed E-state index contributed by atoms with van der Waals surface area (Å²) in [6, 6.07) is 8.55. The molecule has 3 rings (SSSR count). The van der Waals surface area contributed by atoms with E-state index in [1.54, 1.807) is 18.4 Å². The smallest absolute Gasteiger partial charge is 0.226 e. The SMILES string of the molecule is COCCCNC(=O)Cc1csc(-c2ccc(CN3CCOCC3)cc2)n1. The van der Waals surface area contributed by atoms with E-state index in [1.165, 1.54) is 5.56 Å². The fourth-order valence-electron chi connectivity index (χ4n) is 2.96. The maximum Gasteiger partial charge on any atom is 0.226 e. The summed E-state index contributed by atoms with van der Waals surface area (Å²) in [6.45, 7) is 5.86. The molecule has 0 saturated carbocycles. The first-order valence-electron chi connectivity index (χ1n) is 9.34. The van der Waals surface area contributed by atoms with E-state index in [1.807, 2.05) is 5.38 Å². The maximum atomic E-state index is 12.0. The number of hydrogen-bond donors (Lipinski definition) is 1. The summed E-state index contributed by atoms with van der Waals surface area (Å²) in [6.07, 6.45) is 1.14. The quantitative estimate of drug-likeness (QED) is 0.667. The first-order chi connectivity index (χ1) is 13.2. The summed E-state index contributed by atoms with van der Waals surface area (Å²) < 4.78 is 10.4. The number of nitrogens with zero attached hydrogens (tertiary/aromatic N) is 2. The number of carbonyl (C=O) groups is 1. The topological polar surface area (TPSA) is 63.7 Å². The summed E-state index contributed by atoms with van der Waals surface area (Å²) in [7, 11) is 1.66. The van der Waals surface area contributed by atoms with Gasteiger partial charge in [-0.3, -0.25) is 9.69 Å². The van der Waals surface area contributed by atoms with Crippen LogP contribution in [0.4, 0.5) is 0 Å². The highest BCUT2D eigenvalue weighted by molar-refractivity contribution is 7.13. The minimum absolute atomic E-state index is 0.00353. The van der Waals surface area contributed by atoms with Gasteiger partial charge in [-0.2, -0.15) is 0 Å². The van der Waals surface area contributed by atoms with Gasteiger partial charge in [0, 0.05) is 50.8 Å². The van der Waals surface area contributed by atoms with Crippen LogP contribution in [0.5, 0.6) is 0 Å². The average Bonchev–Trinajstić information content (AvgIpc) is 3.15. The van der Waals surface area contributed by atoms with Gasteiger partial charge in [-0.15, -0.1) is 11.3 Å². The van der Waals surface area contributed by atoms with Crippen LogP contribution in [0.25, 0.3) is 10.6 Å². The molecule has 1 aliphatic rings. The molecular formula is C20H27N3O3S. The molecule has 2 aromatic rings. The average molecular weight is 390 g/mol. The van der Waals surface area contributed by atoms with Crippen molar-refractivity contribution in [2.24, 2.45) is 0 Å². The molecule has 0 unspecified atom stereocenters. The highest BCUT2D eigenvalue weighted by atomic mass is 32.1. The normalized spacial score (nSPS) is 15.0. The summed E-state index contributed by atoms with van der Waals surface area (Å²) in [5.74, 6) is 0.00353. The Bertz CT molecular complexity index is 712. The van der Waals surface area contributed by atoms with Crippen molar-refractivity contribution in [2.45, 2.75) is 19.4 Å². The summed E-state index contributed by atoms with van der Waals surface area (Å²) in [5, 5.41) is 5.81. The van der Waals surface area contributed by atoms with Crippen molar-refractivity contribution in [3.63, 3.8) is 0 Å². The van der Waals surface area contributed by atoms with Crippen molar-refractivity contribution < 1.29 is 14.3 Å². The largest absolute Gasteiger partial charge is 0.385 e. The predicted octanol–water partition coefficient (Wildman–Crippen LogP) is 2.34. The van der Waals surface area contributed by atoms with E-state index in [0.717, 1.165) is 55.5 Å². The number of methoxy groups -OCH3 is 1. The molecule has 146 valence electrons. The molecule has 7 heteroatoms. The van der Waals surface area contributed by atoms with Gasteiger partial charge in [0.15, 0.2) is 0 Å². The van der Waals surface area contributed by atoms with Crippen LogP contribution in [-0.2, 0) is 27.2 Å². The van der Waals surface area contributed by atoms with Gasteiger partial charge in [0.1, 0.15) is 5.01 Å². The highest BCUT2D eigenvalue weighted by Crippen LogP contribution is 2.24. The Kier molecular flexibility index (Phi) is 7.77. The fraction of sp³-hybridized carbons (Fsp3) is 0.500. The van der Waals surface area contributed by atoms with E-state index in [0.29, 0.717) is 19.6 Å². The van der Waals surface area contributed by atoms with Crippen LogP contribution < -0.4 is 5.32 Å². The van der Waals surface area contributed by atoms with E-state index in [2.05, 4.69) is 39.5 Å². The number of carbonyl (C=O) groups excluding carboxylic acids is 1. The third-order valence-electron chi connectivity index (χ3n) is 4.45. The molecule has 0 radical (unpaired) electrons. The number of thiazole rings is 1. The lowest BCUT2D eigenvalue weighted by molar-refractivity contribution is -0.120. The Morgan fingerprint density at radius 3 is 2.81 bits per heavy atom. The van der Waals surface area contributed by atoms with E-state index in [4.69, 9.17) is 9.47 Å². The van der Waals surface area contributed by atoms with Gasteiger partial charge in [-0.05, 0) is 12.0 Å². The lowest BCUT2D eigenvalue weighted by Crippen LogP contribution is -2.35. The summed E-state index contributed by atoms with van der Waals surface area (Å²) in [4.78, 5) is 19.0. The number of morpholine rings is 1. The van der Waals surface area contributed by atoms with Gasteiger partial charge < -0.3 is 14.8 Å². The minimum atomic E-state index is 0.00353. The zero-order chi connectivity index (χ0) is 18.9. The van der Waals surface area contributed by atoms with Crippen molar-refractivity contribution >= 4 is 17.2 Å². The Morgan fingerprint density at radius 1 is 1.30 bits per heavy atom. The number of hydrogen-bond acceptors (Lipinski definition) is 6. The Morgan fingerprint density at radius 2 is 2.07 bits per heavy atom. The first-order valence-corrected chi connectivity index (χ1v) is 10.2. The van der Waals surface area contributed by atoms with Gasteiger partial charge >= 0.3 is 0 Å². The Balaban J connectivity index is 1.50. The second-order valence-electron chi connectivity index (χ2n) is 6.60. The molecular weight excluding hydrogens is 362 g/mol. The van der Waals surface area contributed by atoms with Crippen LogP contribution >= 0.6 is 11.3 Å². The molecule has 1 aliphatic heterocycles. The van der Waals surface area contributed by atoms with Gasteiger partial charge in [0.25, 0.3) is 0 Å². The lowest BCUT2D eigenvalue weighted by Gasteiger charge is -2.26. The zero-order valence-electron chi connectivity index (χ0n) is 15.8. The summed E-state index contributed by atoms with van der Waals surface area (Å²) in [5.41, 5.74) is 3.21. The molecule has 2 heterocycles. The molecule has 1 aromatic carbocycles. The van der Waals surface area contributed by atoms with Crippen molar-refractivity contribution in [1.29, 1.82) is 0 Å². The maximum absolute atomic E-state index is 12.0.